The lowest BCUT2D eigenvalue weighted by Crippen LogP contribution is -2.32. The number of aromatic nitrogens is 3. The second-order valence-electron chi connectivity index (χ2n) is 5.48. The number of hydrogen-bond acceptors (Lipinski definition) is 4. The summed E-state index contributed by atoms with van der Waals surface area (Å²) in [7, 11) is 0. The molecule has 3 heterocycles. The van der Waals surface area contributed by atoms with Gasteiger partial charge in [-0.25, -0.2) is 4.98 Å². The van der Waals surface area contributed by atoms with Crippen LogP contribution in [0.15, 0.2) is 23.8 Å². The number of nitrogens with zero attached hydrogens (tertiary/aromatic N) is 4. The largest absolute Gasteiger partial charge is 0.293 e. The molecule has 0 N–H and O–H groups in total. The normalized spacial score (nSPS) is 19.8. The van der Waals surface area contributed by atoms with E-state index in [0.29, 0.717) is 6.04 Å². The van der Waals surface area contributed by atoms with Crippen molar-refractivity contribution in [3.63, 3.8) is 0 Å². The number of hydrogen-bond donors (Lipinski definition) is 0. The second kappa shape index (κ2) is 6.50. The van der Waals surface area contributed by atoms with E-state index in [-0.39, 0.29) is 0 Å². The van der Waals surface area contributed by atoms with Gasteiger partial charge in [0.15, 0.2) is 0 Å². The first-order chi connectivity index (χ1) is 9.85. The van der Waals surface area contributed by atoms with Crippen molar-refractivity contribution >= 4 is 11.3 Å². The molecule has 0 radical (unpaired) electrons. The topological polar surface area (TPSA) is 34.0 Å². The minimum atomic E-state index is 0.603. The van der Waals surface area contributed by atoms with Gasteiger partial charge in [0.1, 0.15) is 0 Å². The standard InChI is InChI=1S/C15H22N4S/c1-2-5-15-17-13(12-20-15)10-18-8-3-6-14(18)11-19-9-4-7-16-19/h4,7,9,12,14H,2-3,5-6,8,10-11H2,1H3/t14-/m0/s1. The molecule has 1 aliphatic rings. The van der Waals surface area contributed by atoms with Crippen molar-refractivity contribution in [3.8, 4) is 0 Å². The molecule has 0 unspecified atom stereocenters. The average molecular weight is 290 g/mol. The van der Waals surface area contributed by atoms with E-state index >= 15 is 0 Å². The quantitative estimate of drug-likeness (QED) is 0.820. The first kappa shape index (κ1) is 13.8. The molecule has 0 amide bonds. The number of likely N-dealkylation sites (tertiary alicyclic amines) is 1. The van der Waals surface area contributed by atoms with E-state index in [1.807, 2.05) is 28.3 Å². The van der Waals surface area contributed by atoms with Crippen molar-refractivity contribution < 1.29 is 0 Å². The van der Waals surface area contributed by atoms with Crippen molar-refractivity contribution in [2.45, 2.75) is 51.7 Å². The molecule has 5 heteroatoms. The van der Waals surface area contributed by atoms with E-state index in [4.69, 9.17) is 4.98 Å². The van der Waals surface area contributed by atoms with E-state index < -0.39 is 0 Å². The SMILES string of the molecule is CCCc1nc(CN2CCC[C@H]2Cn2cccn2)cs1. The molecule has 1 aliphatic heterocycles. The van der Waals surface area contributed by atoms with Gasteiger partial charge in [-0.1, -0.05) is 6.92 Å². The lowest BCUT2D eigenvalue weighted by atomic mass is 10.2. The van der Waals surface area contributed by atoms with Crippen molar-refractivity contribution in [1.29, 1.82) is 0 Å². The van der Waals surface area contributed by atoms with E-state index in [2.05, 4.69) is 28.5 Å². The molecular formula is C15H22N4S. The van der Waals surface area contributed by atoms with Crippen molar-refractivity contribution in [1.82, 2.24) is 19.7 Å². The minimum Gasteiger partial charge on any atom is -0.293 e. The first-order valence-corrected chi connectivity index (χ1v) is 8.38. The van der Waals surface area contributed by atoms with Gasteiger partial charge in [0.05, 0.1) is 17.2 Å². The Morgan fingerprint density at radius 1 is 1.45 bits per heavy atom. The monoisotopic (exact) mass is 290 g/mol. The van der Waals surface area contributed by atoms with Crippen LogP contribution in [0.25, 0.3) is 0 Å². The van der Waals surface area contributed by atoms with Crippen molar-refractivity contribution in [2.75, 3.05) is 6.54 Å². The van der Waals surface area contributed by atoms with Gasteiger partial charge in [-0.3, -0.25) is 9.58 Å². The Balaban J connectivity index is 1.60. The van der Waals surface area contributed by atoms with Gasteiger partial charge < -0.3 is 0 Å². The highest BCUT2D eigenvalue weighted by atomic mass is 32.1. The van der Waals surface area contributed by atoms with Gasteiger partial charge in [-0.15, -0.1) is 11.3 Å². The molecule has 1 saturated heterocycles. The highest BCUT2D eigenvalue weighted by Gasteiger charge is 2.25. The Morgan fingerprint density at radius 2 is 2.40 bits per heavy atom. The van der Waals surface area contributed by atoms with Gasteiger partial charge in [0.2, 0.25) is 0 Å². The summed E-state index contributed by atoms with van der Waals surface area (Å²) in [4.78, 5) is 7.31. The third-order valence-electron chi connectivity index (χ3n) is 3.88. The molecule has 2 aromatic heterocycles. The zero-order valence-electron chi connectivity index (χ0n) is 12.0. The summed E-state index contributed by atoms with van der Waals surface area (Å²) in [5, 5.41) is 7.84. The van der Waals surface area contributed by atoms with Crippen LogP contribution in [-0.4, -0.2) is 32.3 Å². The lowest BCUT2D eigenvalue weighted by molar-refractivity contribution is 0.217. The van der Waals surface area contributed by atoms with E-state index in [1.165, 1.54) is 36.5 Å². The molecular weight excluding hydrogens is 268 g/mol. The van der Waals surface area contributed by atoms with Crippen LogP contribution in [0, 0.1) is 0 Å². The third kappa shape index (κ3) is 3.27. The van der Waals surface area contributed by atoms with E-state index in [1.54, 1.807) is 0 Å². The van der Waals surface area contributed by atoms with Gasteiger partial charge in [-0.05, 0) is 38.3 Å². The Hall–Kier alpha value is -1.20. The highest BCUT2D eigenvalue weighted by Crippen LogP contribution is 2.22. The Morgan fingerprint density at radius 3 is 3.20 bits per heavy atom. The molecule has 0 aromatic carbocycles. The van der Waals surface area contributed by atoms with Gasteiger partial charge >= 0.3 is 0 Å². The Kier molecular flexibility index (Phi) is 4.47. The maximum absolute atomic E-state index is 4.75. The molecule has 0 aliphatic carbocycles. The Labute approximate surface area is 124 Å². The summed E-state index contributed by atoms with van der Waals surface area (Å²) in [6.07, 6.45) is 8.76. The van der Waals surface area contributed by atoms with Gasteiger partial charge in [0.25, 0.3) is 0 Å². The van der Waals surface area contributed by atoms with Crippen LogP contribution in [0.5, 0.6) is 0 Å². The smallest absolute Gasteiger partial charge is 0.0928 e. The molecule has 0 spiro atoms. The molecule has 4 nitrogen and oxygen atoms in total. The summed E-state index contributed by atoms with van der Waals surface area (Å²) in [5.41, 5.74) is 1.24. The molecule has 0 bridgehead atoms. The van der Waals surface area contributed by atoms with Crippen LogP contribution >= 0.6 is 11.3 Å². The van der Waals surface area contributed by atoms with E-state index in [9.17, 15) is 0 Å². The third-order valence-corrected chi connectivity index (χ3v) is 4.84. The van der Waals surface area contributed by atoms with Crippen LogP contribution in [0.4, 0.5) is 0 Å². The summed E-state index contributed by atoms with van der Waals surface area (Å²) >= 11 is 1.81. The number of rotatable bonds is 6. The zero-order valence-corrected chi connectivity index (χ0v) is 12.9. The van der Waals surface area contributed by atoms with Crippen LogP contribution in [0.3, 0.4) is 0 Å². The molecule has 1 fully saturated rings. The molecule has 108 valence electrons. The van der Waals surface area contributed by atoms with Crippen molar-refractivity contribution in [2.24, 2.45) is 0 Å². The minimum absolute atomic E-state index is 0.603. The summed E-state index contributed by atoms with van der Waals surface area (Å²) in [6.45, 7) is 5.39. The summed E-state index contributed by atoms with van der Waals surface area (Å²) < 4.78 is 2.05. The maximum Gasteiger partial charge on any atom is 0.0928 e. The zero-order chi connectivity index (χ0) is 13.8. The van der Waals surface area contributed by atoms with Crippen LogP contribution in [0.2, 0.25) is 0 Å². The van der Waals surface area contributed by atoms with Crippen molar-refractivity contribution in [3.05, 3.63) is 34.5 Å². The predicted octanol–water partition coefficient (Wildman–Crippen LogP) is 2.96. The predicted molar refractivity (Wildman–Crippen MR) is 81.8 cm³/mol. The van der Waals surface area contributed by atoms with Crippen LogP contribution < -0.4 is 0 Å². The number of thiazole rings is 1. The average Bonchev–Trinajstić information content (AvgIpc) is 3.15. The Bertz CT molecular complexity index is 520. The molecule has 20 heavy (non-hydrogen) atoms. The first-order valence-electron chi connectivity index (χ1n) is 7.50. The summed E-state index contributed by atoms with van der Waals surface area (Å²) in [6, 6.07) is 2.60. The summed E-state index contributed by atoms with van der Waals surface area (Å²) in [5.74, 6) is 0. The molecule has 2 aromatic rings. The maximum atomic E-state index is 4.75. The second-order valence-corrected chi connectivity index (χ2v) is 6.42. The van der Waals surface area contributed by atoms with Gasteiger partial charge in [-0.2, -0.15) is 5.10 Å². The molecule has 1 atom stereocenters. The fourth-order valence-corrected chi connectivity index (χ4v) is 3.78. The van der Waals surface area contributed by atoms with E-state index in [0.717, 1.165) is 19.5 Å². The molecule has 0 saturated carbocycles. The fourth-order valence-electron chi connectivity index (χ4n) is 2.89. The highest BCUT2D eigenvalue weighted by molar-refractivity contribution is 7.09. The molecule has 3 rings (SSSR count). The lowest BCUT2D eigenvalue weighted by Gasteiger charge is -2.23. The number of aryl methyl sites for hydroxylation is 1. The fraction of sp³-hybridized carbons (Fsp3) is 0.600. The van der Waals surface area contributed by atoms with Crippen LogP contribution in [0.1, 0.15) is 36.9 Å². The van der Waals surface area contributed by atoms with Gasteiger partial charge in [0, 0.05) is 30.4 Å². The van der Waals surface area contributed by atoms with Crippen LogP contribution in [-0.2, 0) is 19.5 Å².